The average molecular weight is 336 g/mol. The Morgan fingerprint density at radius 2 is 1.92 bits per heavy atom. The maximum atomic E-state index is 12.5. The molecule has 2 aromatic carbocycles. The molecular weight excluding hydrogens is 316 g/mol. The lowest BCUT2D eigenvalue weighted by molar-refractivity contribution is 0.0944. The molecule has 3 N–H and O–H groups in total. The van der Waals surface area contributed by atoms with Crippen molar-refractivity contribution in [1.82, 2.24) is 20.8 Å². The van der Waals surface area contributed by atoms with E-state index in [2.05, 4.69) is 20.8 Å². The van der Waals surface area contributed by atoms with Gasteiger partial charge in [0.1, 0.15) is 0 Å². The molecule has 0 aliphatic rings. The summed E-state index contributed by atoms with van der Waals surface area (Å²) < 4.78 is 0. The van der Waals surface area contributed by atoms with E-state index in [-0.39, 0.29) is 11.8 Å². The minimum atomic E-state index is -0.250. The Labute approximate surface area is 145 Å². The van der Waals surface area contributed by atoms with Gasteiger partial charge in [-0.1, -0.05) is 23.8 Å². The van der Waals surface area contributed by atoms with Crippen molar-refractivity contribution in [2.45, 2.75) is 20.4 Å². The zero-order valence-corrected chi connectivity index (χ0v) is 14.2. The number of nitrogens with one attached hydrogen (secondary N) is 3. The Kier molecular flexibility index (Phi) is 4.79. The van der Waals surface area contributed by atoms with Crippen LogP contribution in [0.15, 0.2) is 42.5 Å². The highest BCUT2D eigenvalue weighted by atomic mass is 16.2. The fourth-order valence-corrected chi connectivity index (χ4v) is 2.65. The van der Waals surface area contributed by atoms with Crippen molar-refractivity contribution in [3.05, 3.63) is 64.8 Å². The summed E-state index contributed by atoms with van der Waals surface area (Å²) in [5.74, 6) is -0.371. The first-order valence-corrected chi connectivity index (χ1v) is 8.18. The predicted octanol–water partition coefficient (Wildman–Crippen LogP) is 2.55. The molecular formula is C19H20N4O2. The summed E-state index contributed by atoms with van der Waals surface area (Å²) in [5, 5.41) is 13.4. The van der Waals surface area contributed by atoms with E-state index in [9.17, 15) is 9.59 Å². The van der Waals surface area contributed by atoms with E-state index in [0.717, 1.165) is 22.0 Å². The lowest BCUT2D eigenvalue weighted by Gasteiger charge is -2.07. The third-order valence-electron chi connectivity index (χ3n) is 3.91. The van der Waals surface area contributed by atoms with E-state index < -0.39 is 0 Å². The molecule has 0 fully saturated rings. The second kappa shape index (κ2) is 7.17. The molecule has 0 aliphatic carbocycles. The number of H-pyrrole nitrogens is 1. The van der Waals surface area contributed by atoms with Crippen LogP contribution in [-0.4, -0.2) is 28.6 Å². The quantitative estimate of drug-likeness (QED) is 0.669. The second-order valence-electron chi connectivity index (χ2n) is 5.86. The SMILES string of the molecule is CCNC(=O)c1cccc(CNC(=O)c2n[nH]c3ccc(C)cc23)c1. The first kappa shape index (κ1) is 16.7. The van der Waals surface area contributed by atoms with E-state index in [4.69, 9.17) is 0 Å². The van der Waals surface area contributed by atoms with Gasteiger partial charge in [0.25, 0.3) is 11.8 Å². The molecule has 6 nitrogen and oxygen atoms in total. The van der Waals surface area contributed by atoms with Gasteiger partial charge in [-0.15, -0.1) is 0 Å². The second-order valence-corrected chi connectivity index (χ2v) is 5.86. The van der Waals surface area contributed by atoms with Gasteiger partial charge >= 0.3 is 0 Å². The zero-order valence-electron chi connectivity index (χ0n) is 14.2. The fraction of sp³-hybridized carbons (Fsp3) is 0.211. The van der Waals surface area contributed by atoms with Crippen LogP contribution in [0.25, 0.3) is 10.9 Å². The largest absolute Gasteiger partial charge is 0.352 e. The molecule has 0 aliphatic heterocycles. The van der Waals surface area contributed by atoms with Crippen LogP contribution < -0.4 is 10.6 Å². The molecule has 6 heteroatoms. The fourth-order valence-electron chi connectivity index (χ4n) is 2.65. The van der Waals surface area contributed by atoms with E-state index in [1.165, 1.54) is 0 Å². The van der Waals surface area contributed by atoms with Crippen molar-refractivity contribution in [2.24, 2.45) is 0 Å². The Morgan fingerprint density at radius 3 is 2.72 bits per heavy atom. The number of aromatic amines is 1. The highest BCUT2D eigenvalue weighted by molar-refractivity contribution is 6.04. The Balaban J connectivity index is 1.73. The molecule has 0 saturated heterocycles. The van der Waals surface area contributed by atoms with Crippen LogP contribution in [0.3, 0.4) is 0 Å². The summed E-state index contributed by atoms with van der Waals surface area (Å²) in [6.45, 7) is 4.75. The predicted molar refractivity (Wildman–Crippen MR) is 96.5 cm³/mol. The van der Waals surface area contributed by atoms with Crippen LogP contribution in [-0.2, 0) is 6.54 Å². The minimum Gasteiger partial charge on any atom is -0.352 e. The first-order valence-electron chi connectivity index (χ1n) is 8.18. The molecule has 0 spiro atoms. The van der Waals surface area contributed by atoms with Crippen molar-refractivity contribution in [3.63, 3.8) is 0 Å². The molecule has 0 atom stereocenters. The number of hydrogen-bond acceptors (Lipinski definition) is 3. The molecule has 1 heterocycles. The maximum Gasteiger partial charge on any atom is 0.272 e. The molecule has 25 heavy (non-hydrogen) atoms. The van der Waals surface area contributed by atoms with Crippen molar-refractivity contribution in [3.8, 4) is 0 Å². The highest BCUT2D eigenvalue weighted by Crippen LogP contribution is 2.17. The molecule has 0 unspecified atom stereocenters. The van der Waals surface area contributed by atoms with Crippen molar-refractivity contribution in [2.75, 3.05) is 6.54 Å². The first-order chi connectivity index (χ1) is 12.1. The van der Waals surface area contributed by atoms with E-state index in [1.54, 1.807) is 18.2 Å². The zero-order chi connectivity index (χ0) is 17.8. The Morgan fingerprint density at radius 1 is 1.08 bits per heavy atom. The molecule has 0 saturated carbocycles. The molecule has 1 aromatic heterocycles. The maximum absolute atomic E-state index is 12.5. The molecule has 3 rings (SSSR count). The van der Waals surface area contributed by atoms with Gasteiger partial charge in [-0.3, -0.25) is 14.7 Å². The molecule has 0 bridgehead atoms. The Bertz CT molecular complexity index is 930. The standard InChI is InChI=1S/C19H20N4O2/c1-3-20-18(24)14-6-4-5-13(10-14)11-21-19(25)17-15-9-12(2)7-8-16(15)22-23-17/h4-10H,3,11H2,1-2H3,(H,20,24)(H,21,25)(H,22,23). The van der Waals surface area contributed by atoms with Gasteiger partial charge in [0.15, 0.2) is 5.69 Å². The van der Waals surface area contributed by atoms with Gasteiger partial charge < -0.3 is 10.6 Å². The number of benzene rings is 2. The summed E-state index contributed by atoms with van der Waals surface area (Å²) in [5.41, 5.74) is 3.70. The number of hydrogen-bond donors (Lipinski definition) is 3. The monoisotopic (exact) mass is 336 g/mol. The normalized spacial score (nSPS) is 10.6. The van der Waals surface area contributed by atoms with E-state index >= 15 is 0 Å². The van der Waals surface area contributed by atoms with Gasteiger partial charge in [-0.2, -0.15) is 5.10 Å². The number of carbonyl (C=O) groups excluding carboxylic acids is 2. The summed E-state index contributed by atoms with van der Waals surface area (Å²) >= 11 is 0. The van der Waals surface area contributed by atoms with Gasteiger partial charge in [-0.25, -0.2) is 0 Å². The van der Waals surface area contributed by atoms with Crippen molar-refractivity contribution < 1.29 is 9.59 Å². The Hall–Kier alpha value is -3.15. The number of aryl methyl sites for hydroxylation is 1. The number of amides is 2. The lowest BCUT2D eigenvalue weighted by atomic mass is 10.1. The topological polar surface area (TPSA) is 86.9 Å². The van der Waals surface area contributed by atoms with E-state index in [1.807, 2.05) is 38.1 Å². The number of nitrogens with zero attached hydrogens (tertiary/aromatic N) is 1. The number of aromatic nitrogens is 2. The average Bonchev–Trinajstić information content (AvgIpc) is 3.03. The number of fused-ring (bicyclic) bond motifs is 1. The van der Waals surface area contributed by atoms with Gasteiger partial charge in [0.2, 0.25) is 0 Å². The van der Waals surface area contributed by atoms with Gasteiger partial charge in [0.05, 0.1) is 5.52 Å². The van der Waals surface area contributed by atoms with Crippen LogP contribution in [0.2, 0.25) is 0 Å². The molecule has 2 amide bonds. The third kappa shape index (κ3) is 3.68. The highest BCUT2D eigenvalue weighted by Gasteiger charge is 2.14. The smallest absolute Gasteiger partial charge is 0.272 e. The van der Waals surface area contributed by atoms with Crippen molar-refractivity contribution >= 4 is 22.7 Å². The van der Waals surface area contributed by atoms with Crippen LogP contribution >= 0.6 is 0 Å². The minimum absolute atomic E-state index is 0.121. The third-order valence-corrected chi connectivity index (χ3v) is 3.91. The summed E-state index contributed by atoms with van der Waals surface area (Å²) in [4.78, 5) is 24.3. The van der Waals surface area contributed by atoms with Crippen LogP contribution in [0.1, 0.15) is 38.9 Å². The van der Waals surface area contributed by atoms with E-state index in [0.29, 0.717) is 24.3 Å². The molecule has 0 radical (unpaired) electrons. The lowest BCUT2D eigenvalue weighted by Crippen LogP contribution is -2.25. The number of carbonyl (C=O) groups is 2. The molecule has 128 valence electrons. The van der Waals surface area contributed by atoms with Crippen LogP contribution in [0, 0.1) is 6.92 Å². The summed E-state index contributed by atoms with van der Waals surface area (Å²) in [6.07, 6.45) is 0. The molecule has 3 aromatic rings. The number of rotatable bonds is 5. The van der Waals surface area contributed by atoms with Crippen LogP contribution in [0.4, 0.5) is 0 Å². The van der Waals surface area contributed by atoms with Crippen LogP contribution in [0.5, 0.6) is 0 Å². The van der Waals surface area contributed by atoms with Crippen molar-refractivity contribution in [1.29, 1.82) is 0 Å². The van der Waals surface area contributed by atoms with Gasteiger partial charge in [-0.05, 0) is 43.7 Å². The summed E-state index contributed by atoms with van der Waals surface area (Å²) in [7, 11) is 0. The summed E-state index contributed by atoms with van der Waals surface area (Å²) in [6, 6.07) is 13.0. The van der Waals surface area contributed by atoms with Gasteiger partial charge in [0, 0.05) is 24.0 Å².